The minimum Gasteiger partial charge on any atom is -0.444 e. The number of hydrogen-bond acceptors (Lipinski definition) is 4. The Balaban J connectivity index is 2.24. The maximum Gasteiger partial charge on any atom is 0.408 e. The summed E-state index contributed by atoms with van der Waals surface area (Å²) < 4.78 is 5.32. The van der Waals surface area contributed by atoms with Crippen molar-refractivity contribution in [2.45, 2.75) is 58.3 Å². The lowest BCUT2D eigenvalue weighted by Gasteiger charge is -2.30. The summed E-state index contributed by atoms with van der Waals surface area (Å²) in [5.41, 5.74) is 7.71. The monoisotopic (exact) mass is 411 g/mol. The summed E-state index contributed by atoms with van der Waals surface area (Å²) in [6.07, 6.45) is -0.625. The molecule has 2 amide bonds. The van der Waals surface area contributed by atoms with Crippen LogP contribution in [0.25, 0.3) is 0 Å². The largest absolute Gasteiger partial charge is 0.444 e. The summed E-state index contributed by atoms with van der Waals surface area (Å²) in [5.74, 6) is -0.446. The normalized spacial score (nSPS) is 14.5. The minimum atomic E-state index is -0.756. The van der Waals surface area contributed by atoms with Gasteiger partial charge < -0.3 is 21.1 Å². The molecule has 0 spiro atoms. The standard InChI is InChI=1S/C24H33N3O3/c1-16(2)20(27-23(29)30-24(3,4)5)22(28)26-21(18-14-10-7-11-15-18)19(25)17-12-8-6-9-13-17/h6-16,19-21H,25H2,1-5H3,(H,26,28)(H,27,29)/t19-,20-,21-/m0/s1. The number of hydrogen-bond donors (Lipinski definition) is 3. The quantitative estimate of drug-likeness (QED) is 0.640. The van der Waals surface area contributed by atoms with Gasteiger partial charge in [0.25, 0.3) is 0 Å². The van der Waals surface area contributed by atoms with Gasteiger partial charge in [-0.1, -0.05) is 74.5 Å². The second kappa shape index (κ2) is 10.3. The van der Waals surface area contributed by atoms with Crippen LogP contribution in [0, 0.1) is 5.92 Å². The first-order valence-corrected chi connectivity index (χ1v) is 10.2. The van der Waals surface area contributed by atoms with Gasteiger partial charge in [0.2, 0.25) is 5.91 Å². The van der Waals surface area contributed by atoms with Gasteiger partial charge in [0, 0.05) is 0 Å². The molecule has 2 aromatic carbocycles. The van der Waals surface area contributed by atoms with Gasteiger partial charge in [-0.15, -0.1) is 0 Å². The number of nitrogens with one attached hydrogen (secondary N) is 2. The lowest BCUT2D eigenvalue weighted by molar-refractivity contribution is -0.125. The number of nitrogens with two attached hydrogens (primary N) is 1. The zero-order valence-electron chi connectivity index (χ0n) is 18.4. The van der Waals surface area contributed by atoms with Crippen molar-refractivity contribution in [3.63, 3.8) is 0 Å². The van der Waals surface area contributed by atoms with Gasteiger partial charge in [-0.2, -0.15) is 0 Å². The van der Waals surface area contributed by atoms with E-state index in [-0.39, 0.29) is 11.8 Å². The van der Waals surface area contributed by atoms with E-state index in [0.717, 1.165) is 11.1 Å². The molecule has 0 aromatic heterocycles. The predicted octanol–water partition coefficient (Wildman–Crippen LogP) is 4.09. The average Bonchev–Trinajstić information content (AvgIpc) is 2.69. The van der Waals surface area contributed by atoms with Crippen molar-refractivity contribution in [2.24, 2.45) is 11.7 Å². The lowest BCUT2D eigenvalue weighted by atomic mass is 9.93. The molecule has 0 aliphatic carbocycles. The molecule has 6 nitrogen and oxygen atoms in total. The lowest BCUT2D eigenvalue weighted by Crippen LogP contribution is -2.52. The zero-order valence-corrected chi connectivity index (χ0v) is 18.4. The summed E-state index contributed by atoms with van der Waals surface area (Å²) >= 11 is 0. The fraction of sp³-hybridized carbons (Fsp3) is 0.417. The zero-order chi connectivity index (χ0) is 22.3. The SMILES string of the molecule is CC(C)[C@H](NC(=O)OC(C)(C)C)C(=O)N[C@@H](c1ccccc1)[C@@H](N)c1ccccc1. The van der Waals surface area contributed by atoms with Gasteiger partial charge in [0.15, 0.2) is 0 Å². The average molecular weight is 412 g/mol. The van der Waals surface area contributed by atoms with Gasteiger partial charge in [-0.3, -0.25) is 4.79 Å². The van der Waals surface area contributed by atoms with E-state index in [2.05, 4.69) is 10.6 Å². The maximum absolute atomic E-state index is 13.2. The Labute approximate surface area is 179 Å². The van der Waals surface area contributed by atoms with E-state index in [9.17, 15) is 9.59 Å². The van der Waals surface area contributed by atoms with Crippen LogP contribution in [0.3, 0.4) is 0 Å². The highest BCUT2D eigenvalue weighted by Crippen LogP contribution is 2.27. The third-order valence-corrected chi connectivity index (χ3v) is 4.62. The van der Waals surface area contributed by atoms with Gasteiger partial charge in [0.1, 0.15) is 11.6 Å². The van der Waals surface area contributed by atoms with Crippen molar-refractivity contribution in [1.82, 2.24) is 10.6 Å². The summed E-state index contributed by atoms with van der Waals surface area (Å²) in [6, 6.07) is 17.6. The molecular formula is C24H33N3O3. The van der Waals surface area contributed by atoms with Gasteiger partial charge in [-0.25, -0.2) is 4.79 Å². The number of ether oxygens (including phenoxy) is 1. The second-order valence-electron chi connectivity index (χ2n) is 8.70. The molecule has 30 heavy (non-hydrogen) atoms. The van der Waals surface area contributed by atoms with Crippen LogP contribution in [0.15, 0.2) is 60.7 Å². The van der Waals surface area contributed by atoms with E-state index in [1.807, 2.05) is 74.5 Å². The molecular weight excluding hydrogens is 378 g/mol. The van der Waals surface area contributed by atoms with Crippen molar-refractivity contribution in [3.8, 4) is 0 Å². The third kappa shape index (κ3) is 6.88. The van der Waals surface area contributed by atoms with Crippen molar-refractivity contribution >= 4 is 12.0 Å². The molecule has 3 atom stereocenters. The Morgan fingerprint density at radius 2 is 1.37 bits per heavy atom. The van der Waals surface area contributed by atoms with Crippen LogP contribution in [0.4, 0.5) is 4.79 Å². The molecule has 162 valence electrons. The van der Waals surface area contributed by atoms with E-state index in [1.54, 1.807) is 20.8 Å². The molecule has 0 aliphatic rings. The van der Waals surface area contributed by atoms with E-state index < -0.39 is 29.8 Å². The molecule has 0 aliphatic heterocycles. The molecule has 6 heteroatoms. The molecule has 0 heterocycles. The van der Waals surface area contributed by atoms with Crippen LogP contribution in [0.5, 0.6) is 0 Å². The summed E-state index contributed by atoms with van der Waals surface area (Å²) in [5, 5.41) is 5.74. The van der Waals surface area contributed by atoms with Gasteiger partial charge >= 0.3 is 6.09 Å². The highest BCUT2D eigenvalue weighted by molar-refractivity contribution is 5.86. The minimum absolute atomic E-state index is 0.137. The Hall–Kier alpha value is -2.86. The number of carbonyl (C=O) groups is 2. The maximum atomic E-state index is 13.2. The highest BCUT2D eigenvalue weighted by Gasteiger charge is 2.31. The van der Waals surface area contributed by atoms with Crippen molar-refractivity contribution in [2.75, 3.05) is 0 Å². The van der Waals surface area contributed by atoms with E-state index >= 15 is 0 Å². The van der Waals surface area contributed by atoms with Crippen molar-refractivity contribution < 1.29 is 14.3 Å². The van der Waals surface area contributed by atoms with Gasteiger partial charge in [-0.05, 0) is 37.8 Å². The van der Waals surface area contributed by atoms with Crippen LogP contribution in [-0.4, -0.2) is 23.6 Å². The number of alkyl carbamates (subject to hydrolysis) is 1. The summed E-state index contributed by atoms with van der Waals surface area (Å²) in [6.45, 7) is 9.08. The van der Waals surface area contributed by atoms with E-state index in [4.69, 9.17) is 10.5 Å². The Morgan fingerprint density at radius 3 is 1.83 bits per heavy atom. The van der Waals surface area contributed by atoms with E-state index in [0.29, 0.717) is 0 Å². The first-order chi connectivity index (χ1) is 14.1. The van der Waals surface area contributed by atoms with Crippen LogP contribution in [0.1, 0.15) is 57.8 Å². The number of rotatable bonds is 7. The predicted molar refractivity (Wildman–Crippen MR) is 119 cm³/mol. The number of amides is 2. The second-order valence-corrected chi connectivity index (χ2v) is 8.70. The highest BCUT2D eigenvalue weighted by atomic mass is 16.6. The topological polar surface area (TPSA) is 93.4 Å². The van der Waals surface area contributed by atoms with Crippen LogP contribution >= 0.6 is 0 Å². The smallest absolute Gasteiger partial charge is 0.408 e. The molecule has 4 N–H and O–H groups in total. The van der Waals surface area contributed by atoms with Crippen LogP contribution in [-0.2, 0) is 9.53 Å². The van der Waals surface area contributed by atoms with E-state index in [1.165, 1.54) is 0 Å². The molecule has 2 aromatic rings. The molecule has 2 rings (SSSR count). The Bertz CT molecular complexity index is 817. The molecule has 0 bridgehead atoms. The first kappa shape index (κ1) is 23.4. The molecule has 0 fully saturated rings. The third-order valence-electron chi connectivity index (χ3n) is 4.62. The Morgan fingerprint density at radius 1 is 0.867 bits per heavy atom. The molecule has 0 saturated heterocycles. The van der Waals surface area contributed by atoms with Crippen molar-refractivity contribution in [3.05, 3.63) is 71.8 Å². The first-order valence-electron chi connectivity index (χ1n) is 10.2. The fourth-order valence-electron chi connectivity index (χ4n) is 3.12. The number of benzene rings is 2. The number of carbonyl (C=O) groups excluding carboxylic acids is 2. The Kier molecular flexibility index (Phi) is 8.00. The van der Waals surface area contributed by atoms with Crippen molar-refractivity contribution in [1.29, 1.82) is 0 Å². The summed E-state index contributed by atoms with van der Waals surface area (Å²) in [7, 11) is 0. The van der Waals surface area contributed by atoms with Crippen LogP contribution in [0.2, 0.25) is 0 Å². The molecule has 0 saturated carbocycles. The van der Waals surface area contributed by atoms with Crippen LogP contribution < -0.4 is 16.4 Å². The fourth-order valence-corrected chi connectivity index (χ4v) is 3.12. The summed E-state index contributed by atoms with van der Waals surface area (Å²) in [4.78, 5) is 25.4. The molecule has 0 radical (unpaired) electrons. The van der Waals surface area contributed by atoms with Gasteiger partial charge in [0.05, 0.1) is 12.1 Å². The molecule has 0 unspecified atom stereocenters.